The molecule has 6 nitrogen and oxygen atoms in total. The van der Waals surface area contributed by atoms with Crippen molar-refractivity contribution >= 4 is 16.7 Å². The topological polar surface area (TPSA) is 72.7 Å². The minimum atomic E-state index is -0.157. The summed E-state index contributed by atoms with van der Waals surface area (Å²) >= 11 is 0. The number of fused-ring (bicyclic) bond motifs is 1. The molecule has 0 bridgehead atoms. The molecule has 0 fully saturated rings. The maximum Gasteiger partial charge on any atom is 0.251 e. The fourth-order valence-corrected chi connectivity index (χ4v) is 2.97. The van der Waals surface area contributed by atoms with Crippen molar-refractivity contribution in [2.24, 2.45) is 0 Å². The second-order valence-corrected chi connectivity index (χ2v) is 6.52. The fraction of sp³-hybridized carbons (Fsp3) is 0.143. The number of nitrogens with zero attached hydrogens (tertiary/aromatic N) is 4. The lowest BCUT2D eigenvalue weighted by Crippen LogP contribution is -2.24. The zero-order chi connectivity index (χ0) is 18.8. The molecule has 0 unspecified atom stereocenters. The van der Waals surface area contributed by atoms with Crippen molar-refractivity contribution in [3.63, 3.8) is 0 Å². The van der Waals surface area contributed by atoms with E-state index in [-0.39, 0.29) is 12.5 Å². The average Bonchev–Trinajstić information content (AvgIpc) is 3.16. The summed E-state index contributed by atoms with van der Waals surface area (Å²) in [5.41, 5.74) is 3.85. The van der Waals surface area contributed by atoms with Gasteiger partial charge in [-0.25, -0.2) is 0 Å². The summed E-state index contributed by atoms with van der Waals surface area (Å²) in [4.78, 5) is 12.5. The first kappa shape index (κ1) is 16.9. The Morgan fingerprint density at radius 3 is 2.59 bits per heavy atom. The summed E-state index contributed by atoms with van der Waals surface area (Å²) in [6.07, 6.45) is 0. The van der Waals surface area contributed by atoms with Crippen LogP contribution in [0.1, 0.15) is 27.3 Å². The van der Waals surface area contributed by atoms with Crippen molar-refractivity contribution in [1.29, 1.82) is 0 Å². The van der Waals surface area contributed by atoms with Gasteiger partial charge in [-0.3, -0.25) is 4.79 Å². The maximum atomic E-state index is 12.5. The number of carbonyl (C=O) groups is 1. The molecule has 4 aromatic rings. The van der Waals surface area contributed by atoms with E-state index in [1.165, 1.54) is 5.56 Å². The molecule has 1 aromatic heterocycles. The molecule has 4 rings (SSSR count). The Kier molecular flexibility index (Phi) is 4.38. The molecule has 1 amide bonds. The van der Waals surface area contributed by atoms with Gasteiger partial charge in [-0.1, -0.05) is 36.4 Å². The molecule has 0 saturated heterocycles. The smallest absolute Gasteiger partial charge is 0.251 e. The number of tetrazole rings is 1. The highest BCUT2D eigenvalue weighted by Crippen LogP contribution is 2.16. The summed E-state index contributed by atoms with van der Waals surface area (Å²) < 4.78 is 1.65. The average molecular weight is 357 g/mol. The third-order valence-corrected chi connectivity index (χ3v) is 4.69. The molecule has 0 spiro atoms. The standard InChI is InChI=1S/C21H19N5O/c1-14-7-10-19(11-15(14)2)26-20(23-24-25-26)13-22-21(27)18-9-8-16-5-3-4-6-17(16)12-18/h3-12H,13H2,1-2H3,(H,22,27). The van der Waals surface area contributed by atoms with Gasteiger partial charge in [-0.05, 0) is 70.4 Å². The van der Waals surface area contributed by atoms with Crippen molar-refractivity contribution in [3.8, 4) is 5.69 Å². The van der Waals surface area contributed by atoms with E-state index in [0.717, 1.165) is 22.0 Å². The SMILES string of the molecule is Cc1ccc(-n2nnnc2CNC(=O)c2ccc3ccccc3c2)cc1C. The van der Waals surface area contributed by atoms with E-state index in [4.69, 9.17) is 0 Å². The van der Waals surface area contributed by atoms with Crippen molar-refractivity contribution in [3.05, 3.63) is 83.2 Å². The zero-order valence-corrected chi connectivity index (χ0v) is 15.2. The van der Waals surface area contributed by atoms with Crippen LogP contribution in [0.25, 0.3) is 16.5 Å². The van der Waals surface area contributed by atoms with Gasteiger partial charge in [0.25, 0.3) is 5.91 Å². The number of hydrogen-bond acceptors (Lipinski definition) is 4. The van der Waals surface area contributed by atoms with Gasteiger partial charge >= 0.3 is 0 Å². The number of benzene rings is 3. The summed E-state index contributed by atoms with van der Waals surface area (Å²) in [5.74, 6) is 0.419. The lowest BCUT2D eigenvalue weighted by Gasteiger charge is -2.09. The van der Waals surface area contributed by atoms with Crippen molar-refractivity contribution < 1.29 is 4.79 Å². The number of aromatic nitrogens is 4. The Morgan fingerprint density at radius 1 is 0.963 bits per heavy atom. The molecule has 0 aliphatic heterocycles. The lowest BCUT2D eigenvalue weighted by atomic mass is 10.1. The predicted molar refractivity (Wildman–Crippen MR) is 104 cm³/mol. The number of amides is 1. The summed E-state index contributed by atoms with van der Waals surface area (Å²) in [6, 6.07) is 19.6. The molecule has 0 aliphatic rings. The van der Waals surface area contributed by atoms with Gasteiger partial charge in [0.2, 0.25) is 0 Å². The van der Waals surface area contributed by atoms with Gasteiger partial charge in [0.15, 0.2) is 5.82 Å². The number of carbonyl (C=O) groups excluding carboxylic acids is 1. The highest BCUT2D eigenvalue weighted by molar-refractivity contribution is 5.98. The largest absolute Gasteiger partial charge is 0.345 e. The van der Waals surface area contributed by atoms with E-state index in [1.54, 1.807) is 4.68 Å². The van der Waals surface area contributed by atoms with Crippen LogP contribution >= 0.6 is 0 Å². The Morgan fingerprint density at radius 2 is 1.78 bits per heavy atom. The molecule has 0 saturated carbocycles. The van der Waals surface area contributed by atoms with Gasteiger partial charge in [0.1, 0.15) is 0 Å². The minimum absolute atomic E-state index is 0.157. The molecule has 0 aliphatic carbocycles. The third kappa shape index (κ3) is 3.42. The molecular formula is C21H19N5O. The molecule has 1 N–H and O–H groups in total. The maximum absolute atomic E-state index is 12.5. The fourth-order valence-electron chi connectivity index (χ4n) is 2.97. The Labute approximate surface area is 156 Å². The van der Waals surface area contributed by atoms with Gasteiger partial charge in [0, 0.05) is 5.56 Å². The molecule has 3 aromatic carbocycles. The van der Waals surface area contributed by atoms with Crippen molar-refractivity contribution in [2.45, 2.75) is 20.4 Å². The molecule has 0 atom stereocenters. The molecule has 134 valence electrons. The van der Waals surface area contributed by atoms with Crippen LogP contribution in [0.2, 0.25) is 0 Å². The van der Waals surface area contributed by atoms with Crippen LogP contribution < -0.4 is 5.32 Å². The van der Waals surface area contributed by atoms with Crippen molar-refractivity contribution in [2.75, 3.05) is 0 Å². The molecule has 0 radical (unpaired) electrons. The molecular weight excluding hydrogens is 338 g/mol. The summed E-state index contributed by atoms with van der Waals surface area (Å²) in [7, 11) is 0. The minimum Gasteiger partial charge on any atom is -0.345 e. The van der Waals surface area contributed by atoms with E-state index < -0.39 is 0 Å². The first-order valence-corrected chi connectivity index (χ1v) is 8.74. The first-order valence-electron chi connectivity index (χ1n) is 8.74. The van der Waals surface area contributed by atoms with Crippen LogP contribution in [0.3, 0.4) is 0 Å². The van der Waals surface area contributed by atoms with E-state index in [9.17, 15) is 4.79 Å². The van der Waals surface area contributed by atoms with Crippen LogP contribution in [0.5, 0.6) is 0 Å². The Hall–Kier alpha value is -3.54. The normalized spacial score (nSPS) is 10.9. The van der Waals surface area contributed by atoms with Gasteiger partial charge in [-0.15, -0.1) is 5.10 Å². The number of nitrogens with one attached hydrogen (secondary N) is 1. The number of hydrogen-bond donors (Lipinski definition) is 1. The number of aryl methyl sites for hydroxylation is 2. The van der Waals surface area contributed by atoms with Crippen LogP contribution in [-0.4, -0.2) is 26.1 Å². The second kappa shape index (κ2) is 6.99. The first-order chi connectivity index (χ1) is 13.1. The van der Waals surface area contributed by atoms with Crippen LogP contribution in [0, 0.1) is 13.8 Å². The second-order valence-electron chi connectivity index (χ2n) is 6.52. The third-order valence-electron chi connectivity index (χ3n) is 4.69. The Balaban J connectivity index is 1.52. The van der Waals surface area contributed by atoms with E-state index in [0.29, 0.717) is 11.4 Å². The van der Waals surface area contributed by atoms with Crippen molar-refractivity contribution in [1.82, 2.24) is 25.5 Å². The van der Waals surface area contributed by atoms with E-state index >= 15 is 0 Å². The van der Waals surface area contributed by atoms with Gasteiger partial charge in [-0.2, -0.15) is 4.68 Å². The highest BCUT2D eigenvalue weighted by Gasteiger charge is 2.12. The molecule has 6 heteroatoms. The quantitative estimate of drug-likeness (QED) is 0.608. The van der Waals surface area contributed by atoms with Gasteiger partial charge in [0.05, 0.1) is 12.2 Å². The predicted octanol–water partition coefficient (Wildman–Crippen LogP) is 3.36. The van der Waals surface area contributed by atoms with E-state index in [1.807, 2.05) is 67.6 Å². The van der Waals surface area contributed by atoms with Crippen LogP contribution in [0.15, 0.2) is 60.7 Å². The molecule has 27 heavy (non-hydrogen) atoms. The summed E-state index contributed by atoms with van der Waals surface area (Å²) in [5, 5.41) is 16.9. The van der Waals surface area contributed by atoms with Gasteiger partial charge < -0.3 is 5.32 Å². The van der Waals surface area contributed by atoms with Crippen LogP contribution in [-0.2, 0) is 6.54 Å². The monoisotopic (exact) mass is 357 g/mol. The zero-order valence-electron chi connectivity index (χ0n) is 15.2. The molecule has 1 heterocycles. The lowest BCUT2D eigenvalue weighted by molar-refractivity contribution is 0.0949. The highest BCUT2D eigenvalue weighted by atomic mass is 16.1. The summed E-state index contributed by atoms with van der Waals surface area (Å²) in [6.45, 7) is 4.35. The number of rotatable bonds is 4. The Bertz CT molecular complexity index is 1130. The van der Waals surface area contributed by atoms with Crippen LogP contribution in [0.4, 0.5) is 0 Å². The van der Waals surface area contributed by atoms with E-state index in [2.05, 4.69) is 27.8 Å².